The summed E-state index contributed by atoms with van der Waals surface area (Å²) in [7, 11) is 4.84. The fourth-order valence-corrected chi connectivity index (χ4v) is 2.65. The average Bonchev–Trinajstić information content (AvgIpc) is 2.53. The van der Waals surface area contributed by atoms with Crippen LogP contribution in [-0.4, -0.2) is 63.6 Å². The number of hydrogen-bond donors (Lipinski definition) is 2. The minimum Gasteiger partial charge on any atom is -0.493 e. The molecule has 0 amide bonds. The lowest BCUT2D eigenvalue weighted by molar-refractivity contribution is 0.143. The zero-order chi connectivity index (χ0) is 15.2. The molecule has 0 saturated carbocycles. The van der Waals surface area contributed by atoms with Crippen molar-refractivity contribution in [1.82, 2.24) is 10.2 Å². The maximum atomic E-state index is 9.26. The van der Waals surface area contributed by atoms with E-state index in [0.29, 0.717) is 17.2 Å². The number of aliphatic hydroxyl groups is 1. The molecule has 1 heterocycles. The molecule has 1 aliphatic heterocycles. The van der Waals surface area contributed by atoms with Crippen molar-refractivity contribution in [2.45, 2.75) is 12.6 Å². The summed E-state index contributed by atoms with van der Waals surface area (Å²) >= 11 is 0. The van der Waals surface area contributed by atoms with Crippen molar-refractivity contribution in [2.24, 2.45) is 0 Å². The third-order valence-electron chi connectivity index (χ3n) is 3.69. The highest BCUT2D eigenvalue weighted by atomic mass is 16.5. The van der Waals surface area contributed by atoms with Crippen LogP contribution in [0.5, 0.6) is 17.2 Å². The largest absolute Gasteiger partial charge is 0.493 e. The van der Waals surface area contributed by atoms with E-state index in [2.05, 4.69) is 10.2 Å². The van der Waals surface area contributed by atoms with Gasteiger partial charge in [0.05, 0.1) is 27.9 Å². The molecule has 6 heteroatoms. The van der Waals surface area contributed by atoms with Gasteiger partial charge in [0.2, 0.25) is 5.75 Å². The number of nitrogens with one attached hydrogen (secondary N) is 1. The molecule has 0 spiro atoms. The summed E-state index contributed by atoms with van der Waals surface area (Å²) < 4.78 is 16.1. The van der Waals surface area contributed by atoms with Gasteiger partial charge in [0.25, 0.3) is 0 Å². The van der Waals surface area contributed by atoms with E-state index in [1.807, 2.05) is 12.1 Å². The van der Waals surface area contributed by atoms with Gasteiger partial charge in [-0.25, -0.2) is 0 Å². The summed E-state index contributed by atoms with van der Waals surface area (Å²) in [6, 6.07) is 4.08. The molecule has 1 unspecified atom stereocenters. The van der Waals surface area contributed by atoms with Crippen molar-refractivity contribution in [1.29, 1.82) is 0 Å². The SMILES string of the molecule is COc1cc(CN2CCNC(CO)C2)cc(OC)c1OC. The Hall–Kier alpha value is -1.50. The Bertz CT molecular complexity index is 442. The van der Waals surface area contributed by atoms with Crippen LogP contribution in [0.1, 0.15) is 5.56 Å². The van der Waals surface area contributed by atoms with Crippen molar-refractivity contribution in [2.75, 3.05) is 47.6 Å². The molecule has 0 aliphatic carbocycles. The zero-order valence-electron chi connectivity index (χ0n) is 12.9. The number of nitrogens with zero attached hydrogens (tertiary/aromatic N) is 1. The van der Waals surface area contributed by atoms with E-state index in [1.165, 1.54) is 0 Å². The molecule has 21 heavy (non-hydrogen) atoms. The van der Waals surface area contributed by atoms with Crippen LogP contribution in [-0.2, 0) is 6.54 Å². The lowest BCUT2D eigenvalue weighted by Crippen LogP contribution is -2.51. The van der Waals surface area contributed by atoms with Crippen LogP contribution in [0.2, 0.25) is 0 Å². The van der Waals surface area contributed by atoms with E-state index in [9.17, 15) is 5.11 Å². The van der Waals surface area contributed by atoms with Gasteiger partial charge in [-0.15, -0.1) is 0 Å². The standard InChI is InChI=1S/C15H24N2O4/c1-19-13-6-11(7-14(20-2)15(13)21-3)8-17-5-4-16-12(9-17)10-18/h6-7,12,16,18H,4-5,8-10H2,1-3H3. The average molecular weight is 296 g/mol. The number of hydrogen-bond acceptors (Lipinski definition) is 6. The normalized spacial score (nSPS) is 19.3. The molecule has 2 rings (SSSR count). The van der Waals surface area contributed by atoms with Gasteiger partial charge in [-0.05, 0) is 17.7 Å². The van der Waals surface area contributed by atoms with Crippen LogP contribution < -0.4 is 19.5 Å². The lowest BCUT2D eigenvalue weighted by Gasteiger charge is -2.32. The van der Waals surface area contributed by atoms with E-state index in [0.717, 1.165) is 31.7 Å². The molecule has 6 nitrogen and oxygen atoms in total. The topological polar surface area (TPSA) is 63.2 Å². The van der Waals surface area contributed by atoms with Crippen LogP contribution in [0.3, 0.4) is 0 Å². The highest BCUT2D eigenvalue weighted by Crippen LogP contribution is 2.38. The second kappa shape index (κ2) is 7.49. The van der Waals surface area contributed by atoms with Gasteiger partial charge in [0.1, 0.15) is 0 Å². The third kappa shape index (κ3) is 3.78. The van der Waals surface area contributed by atoms with Crippen molar-refractivity contribution in [3.63, 3.8) is 0 Å². The van der Waals surface area contributed by atoms with Crippen molar-refractivity contribution in [3.05, 3.63) is 17.7 Å². The molecule has 1 aromatic rings. The van der Waals surface area contributed by atoms with Crippen molar-refractivity contribution < 1.29 is 19.3 Å². The maximum absolute atomic E-state index is 9.26. The van der Waals surface area contributed by atoms with E-state index >= 15 is 0 Å². The molecule has 1 fully saturated rings. The molecule has 0 radical (unpaired) electrons. The van der Waals surface area contributed by atoms with Crippen LogP contribution in [0, 0.1) is 0 Å². The predicted octanol–water partition coefficient (Wildman–Crippen LogP) is 0.478. The van der Waals surface area contributed by atoms with Crippen molar-refractivity contribution in [3.8, 4) is 17.2 Å². The molecular formula is C15H24N2O4. The first kappa shape index (κ1) is 15.9. The van der Waals surface area contributed by atoms with Gasteiger partial charge in [-0.1, -0.05) is 0 Å². The molecule has 0 aromatic heterocycles. The Morgan fingerprint density at radius 3 is 2.38 bits per heavy atom. The third-order valence-corrected chi connectivity index (χ3v) is 3.69. The summed E-state index contributed by atoms with van der Waals surface area (Å²) in [6.07, 6.45) is 0. The monoisotopic (exact) mass is 296 g/mol. The number of rotatable bonds is 6. The number of benzene rings is 1. The first-order valence-corrected chi connectivity index (χ1v) is 7.07. The van der Waals surface area contributed by atoms with Gasteiger partial charge in [-0.2, -0.15) is 0 Å². The molecule has 1 atom stereocenters. The predicted molar refractivity (Wildman–Crippen MR) is 80.3 cm³/mol. The number of aliphatic hydroxyl groups excluding tert-OH is 1. The fourth-order valence-electron chi connectivity index (χ4n) is 2.65. The summed E-state index contributed by atoms with van der Waals surface area (Å²) in [5, 5.41) is 12.5. The molecule has 2 N–H and O–H groups in total. The second-order valence-corrected chi connectivity index (χ2v) is 5.10. The zero-order valence-corrected chi connectivity index (χ0v) is 12.9. The highest BCUT2D eigenvalue weighted by Gasteiger charge is 2.20. The Kier molecular flexibility index (Phi) is 5.67. The Labute approximate surface area is 125 Å². The maximum Gasteiger partial charge on any atom is 0.203 e. The van der Waals surface area contributed by atoms with Gasteiger partial charge in [0, 0.05) is 32.2 Å². The molecule has 118 valence electrons. The summed E-state index contributed by atoms with van der Waals surface area (Å²) in [6.45, 7) is 3.61. The summed E-state index contributed by atoms with van der Waals surface area (Å²) in [5.41, 5.74) is 1.10. The van der Waals surface area contributed by atoms with E-state index < -0.39 is 0 Å². The van der Waals surface area contributed by atoms with Gasteiger partial charge in [0.15, 0.2) is 11.5 Å². The van der Waals surface area contributed by atoms with E-state index in [4.69, 9.17) is 14.2 Å². The first-order valence-electron chi connectivity index (χ1n) is 7.07. The minimum atomic E-state index is 0.140. The number of piperazine rings is 1. The van der Waals surface area contributed by atoms with Crippen LogP contribution in [0.15, 0.2) is 12.1 Å². The van der Waals surface area contributed by atoms with Crippen LogP contribution in [0.4, 0.5) is 0 Å². The lowest BCUT2D eigenvalue weighted by atomic mass is 10.1. The fraction of sp³-hybridized carbons (Fsp3) is 0.600. The number of methoxy groups -OCH3 is 3. The molecule has 1 aromatic carbocycles. The quantitative estimate of drug-likeness (QED) is 0.796. The Morgan fingerprint density at radius 1 is 1.19 bits per heavy atom. The molecule has 1 saturated heterocycles. The second-order valence-electron chi connectivity index (χ2n) is 5.10. The minimum absolute atomic E-state index is 0.140. The van der Waals surface area contributed by atoms with Gasteiger partial charge < -0.3 is 24.6 Å². The van der Waals surface area contributed by atoms with Gasteiger partial charge in [-0.3, -0.25) is 4.90 Å². The summed E-state index contributed by atoms with van der Waals surface area (Å²) in [4.78, 5) is 2.30. The number of ether oxygens (including phenoxy) is 3. The molecule has 0 bridgehead atoms. The van der Waals surface area contributed by atoms with Gasteiger partial charge >= 0.3 is 0 Å². The Balaban J connectivity index is 2.16. The Morgan fingerprint density at radius 2 is 1.86 bits per heavy atom. The smallest absolute Gasteiger partial charge is 0.203 e. The first-order chi connectivity index (χ1) is 10.2. The van der Waals surface area contributed by atoms with E-state index in [1.54, 1.807) is 21.3 Å². The van der Waals surface area contributed by atoms with Crippen molar-refractivity contribution >= 4 is 0 Å². The van der Waals surface area contributed by atoms with Crippen LogP contribution >= 0.6 is 0 Å². The van der Waals surface area contributed by atoms with E-state index in [-0.39, 0.29) is 12.6 Å². The summed E-state index contributed by atoms with van der Waals surface area (Å²) in [5.74, 6) is 1.94. The molecular weight excluding hydrogens is 272 g/mol. The van der Waals surface area contributed by atoms with Crippen LogP contribution in [0.25, 0.3) is 0 Å². The highest BCUT2D eigenvalue weighted by molar-refractivity contribution is 5.53. The molecule has 1 aliphatic rings.